The number of hydrogen-bond acceptors (Lipinski definition) is 4. The van der Waals surface area contributed by atoms with E-state index in [0.29, 0.717) is 11.7 Å². The molecule has 2 aromatic rings. The van der Waals surface area contributed by atoms with Crippen LogP contribution in [-0.2, 0) is 19.4 Å². The standard InChI is InChI=1S/C17H21N3O2S/c1-3-9-20-16(22)18-19-17(20)23-11(2)15(21)14-8-7-12-5-4-6-13(12)10-14/h7-8,10-11H,3-6,9H2,1-2H3,(H,18,22)/t11-/m1/s1. The number of fused-ring (bicyclic) bond motifs is 1. The molecular weight excluding hydrogens is 310 g/mol. The summed E-state index contributed by atoms with van der Waals surface area (Å²) >= 11 is 1.34. The summed E-state index contributed by atoms with van der Waals surface area (Å²) in [6.07, 6.45) is 4.20. The number of aromatic amines is 1. The van der Waals surface area contributed by atoms with Gasteiger partial charge in [0.1, 0.15) is 0 Å². The molecule has 3 rings (SSSR count). The van der Waals surface area contributed by atoms with Crippen LogP contribution in [0, 0.1) is 0 Å². The van der Waals surface area contributed by atoms with Crippen LogP contribution in [0.25, 0.3) is 0 Å². The topological polar surface area (TPSA) is 67.8 Å². The summed E-state index contributed by atoms with van der Waals surface area (Å²) in [5.74, 6) is 0.0863. The van der Waals surface area contributed by atoms with Crippen LogP contribution in [-0.4, -0.2) is 25.8 Å². The molecule has 1 aliphatic carbocycles. The molecular formula is C17H21N3O2S. The Hall–Kier alpha value is -1.82. The smallest absolute Gasteiger partial charge is 0.293 e. The number of carbonyl (C=O) groups is 1. The van der Waals surface area contributed by atoms with Crippen LogP contribution in [0.15, 0.2) is 28.2 Å². The van der Waals surface area contributed by atoms with Gasteiger partial charge in [0.05, 0.1) is 5.25 Å². The van der Waals surface area contributed by atoms with E-state index in [0.717, 1.165) is 24.8 Å². The van der Waals surface area contributed by atoms with Crippen LogP contribution in [0.3, 0.4) is 0 Å². The maximum absolute atomic E-state index is 12.7. The third-order valence-electron chi connectivity index (χ3n) is 4.20. The molecule has 1 N–H and O–H groups in total. The van der Waals surface area contributed by atoms with Crippen LogP contribution >= 0.6 is 11.8 Å². The highest BCUT2D eigenvalue weighted by Crippen LogP contribution is 2.27. The van der Waals surface area contributed by atoms with E-state index < -0.39 is 0 Å². The van der Waals surface area contributed by atoms with Crippen molar-refractivity contribution in [2.45, 2.75) is 56.5 Å². The minimum atomic E-state index is -0.278. The molecule has 1 atom stereocenters. The van der Waals surface area contributed by atoms with Gasteiger partial charge in [-0.15, -0.1) is 5.10 Å². The summed E-state index contributed by atoms with van der Waals surface area (Å²) in [5, 5.41) is 6.81. The number of benzene rings is 1. The van der Waals surface area contributed by atoms with E-state index in [9.17, 15) is 9.59 Å². The van der Waals surface area contributed by atoms with Crippen molar-refractivity contribution in [2.24, 2.45) is 0 Å². The molecule has 0 saturated carbocycles. The maximum Gasteiger partial charge on any atom is 0.343 e. The molecule has 0 amide bonds. The second kappa shape index (κ2) is 6.74. The Morgan fingerprint density at radius 1 is 1.39 bits per heavy atom. The van der Waals surface area contributed by atoms with Crippen LogP contribution in [0.4, 0.5) is 0 Å². The number of aryl methyl sites for hydroxylation is 2. The molecule has 1 aromatic heterocycles. The number of carbonyl (C=O) groups excluding carboxylic acids is 1. The summed E-state index contributed by atoms with van der Waals surface area (Å²) in [6.45, 7) is 4.49. The molecule has 6 heteroatoms. The van der Waals surface area contributed by atoms with Crippen molar-refractivity contribution in [2.75, 3.05) is 0 Å². The second-order valence-electron chi connectivity index (χ2n) is 5.92. The fourth-order valence-corrected chi connectivity index (χ4v) is 3.94. The van der Waals surface area contributed by atoms with E-state index >= 15 is 0 Å². The summed E-state index contributed by atoms with van der Waals surface area (Å²) in [4.78, 5) is 24.4. The molecule has 0 bridgehead atoms. The Morgan fingerprint density at radius 3 is 2.96 bits per heavy atom. The highest BCUT2D eigenvalue weighted by molar-refractivity contribution is 8.00. The lowest BCUT2D eigenvalue weighted by Crippen LogP contribution is -2.19. The third-order valence-corrected chi connectivity index (χ3v) is 5.30. The SMILES string of the molecule is CCCn1c(S[C@H](C)C(=O)c2ccc3c(c2)CCC3)n[nH]c1=O. The number of nitrogens with zero attached hydrogens (tertiary/aromatic N) is 2. The summed E-state index contributed by atoms with van der Waals surface area (Å²) in [5.41, 5.74) is 3.21. The zero-order valence-electron chi connectivity index (χ0n) is 13.5. The molecule has 0 radical (unpaired) electrons. The van der Waals surface area contributed by atoms with Crippen LogP contribution in [0.2, 0.25) is 0 Å². The average molecular weight is 331 g/mol. The number of thioether (sulfide) groups is 1. The summed E-state index contributed by atoms with van der Waals surface area (Å²) < 4.78 is 1.59. The fraction of sp³-hybridized carbons (Fsp3) is 0.471. The molecule has 1 heterocycles. The molecule has 1 aliphatic rings. The van der Waals surface area contributed by atoms with E-state index in [1.54, 1.807) is 4.57 Å². The molecule has 0 fully saturated rings. The number of aromatic nitrogens is 3. The molecule has 122 valence electrons. The second-order valence-corrected chi connectivity index (χ2v) is 7.23. The van der Waals surface area contributed by atoms with Crippen molar-refractivity contribution in [3.05, 3.63) is 45.4 Å². The Bertz CT molecular complexity index is 778. The number of nitrogens with one attached hydrogen (secondary N) is 1. The van der Waals surface area contributed by atoms with Crippen molar-refractivity contribution in [1.29, 1.82) is 0 Å². The first kappa shape index (κ1) is 16.1. The number of rotatable bonds is 6. The zero-order chi connectivity index (χ0) is 16.4. The maximum atomic E-state index is 12.7. The number of Topliss-reactive ketones (excluding diaryl/α,β-unsaturated/α-hetero) is 1. The van der Waals surface area contributed by atoms with E-state index in [2.05, 4.69) is 16.3 Å². The first-order chi connectivity index (χ1) is 11.1. The van der Waals surface area contributed by atoms with Crippen molar-refractivity contribution >= 4 is 17.5 Å². The lowest BCUT2D eigenvalue weighted by molar-refractivity contribution is 0.0993. The Morgan fingerprint density at radius 2 is 2.17 bits per heavy atom. The van der Waals surface area contributed by atoms with Gasteiger partial charge in [0, 0.05) is 12.1 Å². The van der Waals surface area contributed by atoms with Gasteiger partial charge in [-0.2, -0.15) is 0 Å². The normalized spacial score (nSPS) is 14.7. The van der Waals surface area contributed by atoms with Gasteiger partial charge in [0.25, 0.3) is 0 Å². The van der Waals surface area contributed by atoms with Crippen LogP contribution in [0.5, 0.6) is 0 Å². The zero-order valence-corrected chi connectivity index (χ0v) is 14.3. The predicted molar refractivity (Wildman–Crippen MR) is 91.3 cm³/mol. The first-order valence-corrected chi connectivity index (χ1v) is 8.96. The van der Waals surface area contributed by atoms with Gasteiger partial charge in [-0.05, 0) is 49.8 Å². The lowest BCUT2D eigenvalue weighted by atomic mass is 10.0. The molecule has 0 aliphatic heterocycles. The van der Waals surface area contributed by atoms with Gasteiger partial charge in [-0.1, -0.05) is 30.8 Å². The molecule has 5 nitrogen and oxygen atoms in total. The quantitative estimate of drug-likeness (QED) is 0.653. The van der Waals surface area contributed by atoms with Crippen molar-refractivity contribution in [1.82, 2.24) is 14.8 Å². The molecule has 0 unspecified atom stereocenters. The van der Waals surface area contributed by atoms with Crippen LogP contribution < -0.4 is 5.69 Å². The fourth-order valence-electron chi connectivity index (χ4n) is 2.99. The minimum Gasteiger partial charge on any atom is -0.293 e. The summed E-state index contributed by atoms with van der Waals surface area (Å²) in [6, 6.07) is 6.03. The lowest BCUT2D eigenvalue weighted by Gasteiger charge is -2.11. The van der Waals surface area contributed by atoms with Gasteiger partial charge in [0.2, 0.25) is 0 Å². The van der Waals surface area contributed by atoms with Crippen molar-refractivity contribution in [3.63, 3.8) is 0 Å². The number of H-pyrrole nitrogens is 1. The van der Waals surface area contributed by atoms with Gasteiger partial charge >= 0.3 is 5.69 Å². The van der Waals surface area contributed by atoms with E-state index in [4.69, 9.17) is 0 Å². The average Bonchev–Trinajstić information content (AvgIpc) is 3.15. The monoisotopic (exact) mass is 331 g/mol. The van der Waals surface area contributed by atoms with E-state index in [-0.39, 0.29) is 16.7 Å². The molecule has 0 saturated heterocycles. The van der Waals surface area contributed by atoms with E-state index in [1.807, 2.05) is 26.0 Å². The number of ketones is 1. The predicted octanol–water partition coefficient (Wildman–Crippen LogP) is 2.83. The van der Waals surface area contributed by atoms with Crippen LogP contribution in [0.1, 0.15) is 48.2 Å². The molecule has 23 heavy (non-hydrogen) atoms. The highest BCUT2D eigenvalue weighted by Gasteiger charge is 2.21. The first-order valence-electron chi connectivity index (χ1n) is 8.08. The van der Waals surface area contributed by atoms with Crippen molar-refractivity contribution < 1.29 is 4.79 Å². The van der Waals surface area contributed by atoms with E-state index in [1.165, 1.54) is 29.3 Å². The third kappa shape index (κ3) is 3.27. The highest BCUT2D eigenvalue weighted by atomic mass is 32.2. The van der Waals surface area contributed by atoms with Crippen molar-refractivity contribution in [3.8, 4) is 0 Å². The molecule has 1 aromatic carbocycles. The minimum absolute atomic E-state index is 0.0863. The van der Waals surface area contributed by atoms with Gasteiger partial charge in [-0.3, -0.25) is 9.36 Å². The van der Waals surface area contributed by atoms with Gasteiger partial charge < -0.3 is 0 Å². The van der Waals surface area contributed by atoms with Gasteiger partial charge in [-0.25, -0.2) is 9.89 Å². The van der Waals surface area contributed by atoms with Gasteiger partial charge in [0.15, 0.2) is 10.9 Å². The Kier molecular flexibility index (Phi) is 4.71. The Balaban J connectivity index is 1.77. The largest absolute Gasteiger partial charge is 0.343 e. The Labute approximate surface area is 139 Å². The summed E-state index contributed by atoms with van der Waals surface area (Å²) in [7, 11) is 0. The molecule has 0 spiro atoms. The number of hydrogen-bond donors (Lipinski definition) is 1.